The summed E-state index contributed by atoms with van der Waals surface area (Å²) in [4.78, 5) is 23.8. The first-order valence-corrected chi connectivity index (χ1v) is 5.64. The lowest BCUT2D eigenvalue weighted by Gasteiger charge is -2.27. The van der Waals surface area contributed by atoms with Crippen LogP contribution in [-0.2, 0) is 4.79 Å². The highest BCUT2D eigenvalue weighted by atomic mass is 16.4. The van der Waals surface area contributed by atoms with E-state index in [0.717, 1.165) is 0 Å². The summed E-state index contributed by atoms with van der Waals surface area (Å²) < 4.78 is 0. The highest BCUT2D eigenvalue weighted by molar-refractivity contribution is 5.82. The number of nitrogens with one attached hydrogen (secondary N) is 1. The summed E-state index contributed by atoms with van der Waals surface area (Å²) in [6, 6.07) is -1.37. The number of likely N-dealkylation sites (N-methyl/N-ethyl adjacent to an activating group) is 1. The van der Waals surface area contributed by atoms with Crippen molar-refractivity contribution in [3.05, 3.63) is 0 Å². The van der Waals surface area contributed by atoms with Crippen LogP contribution in [0.3, 0.4) is 0 Å². The molecule has 17 heavy (non-hydrogen) atoms. The predicted octanol–water partition coefficient (Wildman–Crippen LogP) is 0.652. The molecule has 0 rings (SSSR count). The Morgan fingerprint density at radius 1 is 1.41 bits per heavy atom. The average Bonchev–Trinajstić information content (AvgIpc) is 2.13. The number of hydrogen-bond donors (Lipinski definition) is 3. The monoisotopic (exact) mass is 246 g/mol. The van der Waals surface area contributed by atoms with Gasteiger partial charge in [-0.2, -0.15) is 0 Å². The molecular formula is C11H22N2O4. The van der Waals surface area contributed by atoms with Crippen LogP contribution in [0, 0.1) is 0 Å². The van der Waals surface area contributed by atoms with Crippen LogP contribution in [0.1, 0.15) is 33.6 Å². The number of carbonyl (C=O) groups is 2. The Morgan fingerprint density at radius 3 is 2.29 bits per heavy atom. The highest BCUT2D eigenvalue weighted by Gasteiger charge is 2.23. The Bertz CT molecular complexity index is 273. The van der Waals surface area contributed by atoms with E-state index in [1.807, 2.05) is 6.92 Å². The summed E-state index contributed by atoms with van der Waals surface area (Å²) in [5.74, 6) is -1.04. The van der Waals surface area contributed by atoms with Crippen molar-refractivity contribution in [2.45, 2.75) is 45.3 Å². The number of nitrogens with zero attached hydrogens (tertiary/aromatic N) is 1. The molecule has 0 heterocycles. The minimum Gasteiger partial charge on any atom is -0.480 e. The second-order valence-corrected chi connectivity index (χ2v) is 4.80. The zero-order valence-electron chi connectivity index (χ0n) is 10.9. The molecule has 3 N–H and O–H groups in total. The first-order valence-electron chi connectivity index (χ1n) is 5.64. The number of carboxylic acids is 1. The third-order valence-corrected chi connectivity index (χ3v) is 2.14. The van der Waals surface area contributed by atoms with E-state index in [1.165, 1.54) is 11.9 Å². The topological polar surface area (TPSA) is 89.9 Å². The molecule has 0 aliphatic heterocycles. The van der Waals surface area contributed by atoms with Crippen molar-refractivity contribution < 1.29 is 19.8 Å². The zero-order chi connectivity index (χ0) is 13.6. The van der Waals surface area contributed by atoms with Crippen molar-refractivity contribution in [2.75, 3.05) is 13.6 Å². The minimum absolute atomic E-state index is 0.136. The Labute approximate surface area is 102 Å². The van der Waals surface area contributed by atoms with Crippen LogP contribution in [0.5, 0.6) is 0 Å². The molecule has 0 aromatic rings. The van der Waals surface area contributed by atoms with E-state index >= 15 is 0 Å². The number of aliphatic hydroxyl groups is 1. The maximum atomic E-state index is 11.7. The lowest BCUT2D eigenvalue weighted by atomic mass is 10.1. The number of amides is 2. The average molecular weight is 246 g/mol. The van der Waals surface area contributed by atoms with E-state index in [4.69, 9.17) is 5.11 Å². The van der Waals surface area contributed by atoms with Crippen LogP contribution in [0.15, 0.2) is 0 Å². The zero-order valence-corrected chi connectivity index (χ0v) is 10.9. The Kier molecular flexibility index (Phi) is 5.95. The van der Waals surface area contributed by atoms with Crippen LogP contribution in [-0.4, -0.2) is 52.3 Å². The Morgan fingerprint density at radius 2 is 1.94 bits per heavy atom. The molecule has 0 fully saturated rings. The van der Waals surface area contributed by atoms with Crippen molar-refractivity contribution in [3.63, 3.8) is 0 Å². The van der Waals surface area contributed by atoms with Gasteiger partial charge in [0, 0.05) is 7.05 Å². The minimum atomic E-state index is -1.04. The third kappa shape index (κ3) is 6.78. The van der Waals surface area contributed by atoms with Gasteiger partial charge in [-0.3, -0.25) is 0 Å². The van der Waals surface area contributed by atoms with E-state index in [1.54, 1.807) is 13.8 Å². The Hall–Kier alpha value is -1.30. The predicted molar refractivity (Wildman–Crippen MR) is 63.8 cm³/mol. The molecule has 0 aromatic heterocycles. The summed E-state index contributed by atoms with van der Waals surface area (Å²) in [5.41, 5.74) is -1.00. The lowest BCUT2D eigenvalue weighted by molar-refractivity contribution is -0.139. The van der Waals surface area contributed by atoms with Gasteiger partial charge in [-0.15, -0.1) is 0 Å². The number of aliphatic carboxylic acids is 1. The van der Waals surface area contributed by atoms with Crippen LogP contribution in [0.25, 0.3) is 0 Å². The van der Waals surface area contributed by atoms with E-state index in [-0.39, 0.29) is 6.54 Å². The molecular weight excluding hydrogens is 224 g/mol. The smallest absolute Gasteiger partial charge is 0.326 e. The molecule has 0 saturated heterocycles. The fourth-order valence-corrected chi connectivity index (χ4v) is 1.46. The number of carbonyl (C=O) groups excluding carboxylic acids is 1. The molecule has 0 spiro atoms. The van der Waals surface area contributed by atoms with Crippen molar-refractivity contribution in [3.8, 4) is 0 Å². The molecule has 0 bridgehead atoms. The molecule has 1 atom stereocenters. The standard InChI is InChI=1S/C11H22N2O4/c1-5-6-8(9(14)15)12-10(16)13(4)7-11(2,3)17/h8,17H,5-7H2,1-4H3,(H,12,16)(H,14,15). The molecule has 6 nitrogen and oxygen atoms in total. The van der Waals surface area contributed by atoms with Crippen molar-refractivity contribution in [1.29, 1.82) is 0 Å². The van der Waals surface area contributed by atoms with Gasteiger partial charge in [-0.05, 0) is 20.3 Å². The molecule has 0 saturated carbocycles. The summed E-state index contributed by atoms with van der Waals surface area (Å²) in [6.45, 7) is 5.15. The summed E-state index contributed by atoms with van der Waals surface area (Å²) in [7, 11) is 1.51. The third-order valence-electron chi connectivity index (χ3n) is 2.14. The van der Waals surface area contributed by atoms with Crippen molar-refractivity contribution in [2.24, 2.45) is 0 Å². The molecule has 6 heteroatoms. The summed E-state index contributed by atoms with van der Waals surface area (Å²) >= 11 is 0. The molecule has 0 aliphatic carbocycles. The van der Waals surface area contributed by atoms with Gasteiger partial charge in [-0.25, -0.2) is 9.59 Å². The van der Waals surface area contributed by atoms with E-state index < -0.39 is 23.6 Å². The second-order valence-electron chi connectivity index (χ2n) is 4.80. The van der Waals surface area contributed by atoms with Crippen molar-refractivity contribution >= 4 is 12.0 Å². The first-order chi connectivity index (χ1) is 7.67. The number of hydrogen-bond acceptors (Lipinski definition) is 3. The van der Waals surface area contributed by atoms with Gasteiger partial charge in [-0.1, -0.05) is 13.3 Å². The molecule has 1 unspecified atom stereocenters. The Balaban J connectivity index is 4.35. The van der Waals surface area contributed by atoms with Crippen LogP contribution in [0.2, 0.25) is 0 Å². The normalized spacial score (nSPS) is 13.0. The van der Waals surface area contributed by atoms with Gasteiger partial charge in [0.25, 0.3) is 0 Å². The number of rotatable bonds is 6. The quantitative estimate of drug-likeness (QED) is 0.642. The van der Waals surface area contributed by atoms with E-state index in [2.05, 4.69) is 5.32 Å². The molecule has 0 aromatic carbocycles. The SMILES string of the molecule is CCCC(NC(=O)N(C)CC(C)(C)O)C(=O)O. The first kappa shape index (κ1) is 15.7. The summed E-state index contributed by atoms with van der Waals surface area (Å²) in [6.07, 6.45) is 1.06. The second kappa shape index (κ2) is 6.44. The molecule has 0 radical (unpaired) electrons. The van der Waals surface area contributed by atoms with Gasteiger partial charge in [0.2, 0.25) is 0 Å². The van der Waals surface area contributed by atoms with Gasteiger partial charge < -0.3 is 20.4 Å². The van der Waals surface area contributed by atoms with E-state index in [0.29, 0.717) is 12.8 Å². The summed E-state index contributed by atoms with van der Waals surface area (Å²) in [5, 5.41) is 20.8. The van der Waals surface area contributed by atoms with Gasteiger partial charge in [0.05, 0.1) is 12.1 Å². The van der Waals surface area contributed by atoms with E-state index in [9.17, 15) is 14.7 Å². The van der Waals surface area contributed by atoms with Crippen molar-refractivity contribution in [1.82, 2.24) is 10.2 Å². The maximum Gasteiger partial charge on any atom is 0.326 e. The maximum absolute atomic E-state index is 11.7. The molecule has 2 amide bonds. The largest absolute Gasteiger partial charge is 0.480 e. The van der Waals surface area contributed by atoms with Crippen LogP contribution >= 0.6 is 0 Å². The van der Waals surface area contributed by atoms with Crippen LogP contribution < -0.4 is 5.32 Å². The van der Waals surface area contributed by atoms with Crippen LogP contribution in [0.4, 0.5) is 4.79 Å². The number of urea groups is 1. The molecule has 0 aliphatic rings. The number of carboxylic acid groups (broad SMARTS) is 1. The highest BCUT2D eigenvalue weighted by Crippen LogP contribution is 2.04. The van der Waals surface area contributed by atoms with Gasteiger partial charge in [0.15, 0.2) is 0 Å². The fraction of sp³-hybridized carbons (Fsp3) is 0.818. The fourth-order valence-electron chi connectivity index (χ4n) is 1.46. The molecule has 100 valence electrons. The van der Waals surface area contributed by atoms with Gasteiger partial charge >= 0.3 is 12.0 Å². The lowest BCUT2D eigenvalue weighted by Crippen LogP contribution is -2.49. The van der Waals surface area contributed by atoms with Gasteiger partial charge in [0.1, 0.15) is 6.04 Å².